The summed E-state index contributed by atoms with van der Waals surface area (Å²) in [5, 5.41) is 0. The fourth-order valence-electron chi connectivity index (χ4n) is 2.43. The second-order valence-corrected chi connectivity index (χ2v) is 7.40. The quantitative estimate of drug-likeness (QED) is 0.542. The van der Waals surface area contributed by atoms with Crippen LogP contribution >= 0.6 is 0 Å². The number of ether oxygens (including phenoxy) is 2. The van der Waals surface area contributed by atoms with Gasteiger partial charge in [0.05, 0.1) is 25.2 Å². The Hall–Kier alpha value is -1.93. The molecule has 132 valence electrons. The Balaban J connectivity index is 2.19. The number of rotatable bonds is 7. The van der Waals surface area contributed by atoms with E-state index in [-0.39, 0.29) is 23.6 Å². The summed E-state index contributed by atoms with van der Waals surface area (Å²) in [4.78, 5) is 23.4. The number of benzene rings is 1. The summed E-state index contributed by atoms with van der Waals surface area (Å²) >= 11 is 0. The van der Waals surface area contributed by atoms with Crippen molar-refractivity contribution in [2.45, 2.75) is 37.1 Å². The lowest BCUT2D eigenvalue weighted by Gasteiger charge is -2.21. The topological polar surface area (TPSA) is 90.0 Å². The zero-order valence-electron chi connectivity index (χ0n) is 13.7. The molecule has 8 heteroatoms. The minimum absolute atomic E-state index is 0.00828. The van der Waals surface area contributed by atoms with Gasteiger partial charge in [-0.1, -0.05) is 13.3 Å². The lowest BCUT2D eigenvalue weighted by Crippen LogP contribution is -2.41. The maximum atomic E-state index is 12.7. The molecule has 1 aromatic carbocycles. The molecule has 1 atom stereocenters. The number of Topliss-reactive ketones (excluding diaryl/α,β-unsaturated/α-hetero) is 1. The van der Waals surface area contributed by atoms with Crippen molar-refractivity contribution in [2.24, 2.45) is 0 Å². The first kappa shape index (κ1) is 18.4. The Kier molecular flexibility index (Phi) is 5.95. The molecule has 7 nitrogen and oxygen atoms in total. The Bertz CT molecular complexity index is 698. The largest absolute Gasteiger partial charge is 0.494 e. The number of nitrogens with zero attached hydrogens (tertiary/aromatic N) is 1. The zero-order valence-corrected chi connectivity index (χ0v) is 14.5. The van der Waals surface area contributed by atoms with Crippen LogP contribution in [0.3, 0.4) is 0 Å². The third kappa shape index (κ3) is 3.93. The highest BCUT2D eigenvalue weighted by Gasteiger charge is 2.44. The van der Waals surface area contributed by atoms with Gasteiger partial charge in [0.25, 0.3) is 0 Å². The van der Waals surface area contributed by atoms with Gasteiger partial charge in [-0.25, -0.2) is 8.42 Å². The molecule has 0 aliphatic carbocycles. The number of carbonyl (C=O) groups is 2. The first-order valence-electron chi connectivity index (χ1n) is 7.74. The number of sulfonamides is 1. The Morgan fingerprint density at radius 1 is 1.29 bits per heavy atom. The fourth-order valence-corrected chi connectivity index (χ4v) is 3.99. The van der Waals surface area contributed by atoms with E-state index in [9.17, 15) is 18.0 Å². The molecule has 0 N–H and O–H groups in total. The molecule has 0 saturated carbocycles. The monoisotopic (exact) mass is 355 g/mol. The number of hydrogen-bond donors (Lipinski definition) is 0. The molecule has 0 unspecified atom stereocenters. The predicted octanol–water partition coefficient (Wildman–Crippen LogP) is 1.37. The molecule has 1 aromatic rings. The van der Waals surface area contributed by atoms with Crippen LogP contribution in [-0.4, -0.2) is 50.8 Å². The Labute approximate surface area is 141 Å². The van der Waals surface area contributed by atoms with Crippen molar-refractivity contribution >= 4 is 21.8 Å². The highest BCUT2D eigenvalue weighted by atomic mass is 32.2. The number of ketones is 1. The predicted molar refractivity (Wildman–Crippen MR) is 86.2 cm³/mol. The van der Waals surface area contributed by atoms with Gasteiger partial charge in [-0.2, -0.15) is 4.31 Å². The molecule has 0 radical (unpaired) electrons. The molecule has 24 heavy (non-hydrogen) atoms. The minimum atomic E-state index is -3.96. The number of methoxy groups -OCH3 is 1. The first-order chi connectivity index (χ1) is 11.4. The van der Waals surface area contributed by atoms with Gasteiger partial charge in [0, 0.05) is 6.42 Å². The van der Waals surface area contributed by atoms with Crippen LogP contribution < -0.4 is 4.74 Å². The van der Waals surface area contributed by atoms with Crippen LogP contribution in [0.5, 0.6) is 5.75 Å². The van der Waals surface area contributed by atoms with E-state index in [0.29, 0.717) is 12.4 Å². The molecule has 0 aromatic heterocycles. The Morgan fingerprint density at radius 2 is 1.96 bits per heavy atom. The zero-order chi connectivity index (χ0) is 17.7. The van der Waals surface area contributed by atoms with Crippen molar-refractivity contribution in [1.82, 2.24) is 4.31 Å². The molecule has 2 rings (SSSR count). The van der Waals surface area contributed by atoms with E-state index in [4.69, 9.17) is 4.74 Å². The summed E-state index contributed by atoms with van der Waals surface area (Å²) in [6.45, 7) is 2.29. The summed E-state index contributed by atoms with van der Waals surface area (Å²) < 4.78 is 36.4. The van der Waals surface area contributed by atoms with E-state index in [1.807, 2.05) is 6.92 Å². The summed E-state index contributed by atoms with van der Waals surface area (Å²) in [7, 11) is -2.80. The normalized spacial score (nSPS) is 18.6. The van der Waals surface area contributed by atoms with Gasteiger partial charge in [0.2, 0.25) is 10.0 Å². The molecule has 0 spiro atoms. The second-order valence-electron chi connectivity index (χ2n) is 5.51. The number of carbonyl (C=O) groups excluding carboxylic acids is 2. The van der Waals surface area contributed by atoms with Crippen LogP contribution in [0, 0.1) is 0 Å². The fraction of sp³-hybridized carbons (Fsp3) is 0.500. The molecule has 1 aliphatic rings. The van der Waals surface area contributed by atoms with Gasteiger partial charge < -0.3 is 9.47 Å². The molecule has 1 fully saturated rings. The Morgan fingerprint density at radius 3 is 2.54 bits per heavy atom. The van der Waals surface area contributed by atoms with Crippen LogP contribution in [0.4, 0.5) is 0 Å². The van der Waals surface area contributed by atoms with Gasteiger partial charge >= 0.3 is 5.97 Å². The summed E-state index contributed by atoms with van der Waals surface area (Å²) in [6.07, 6.45) is 1.76. The smallest absolute Gasteiger partial charge is 0.324 e. The lowest BCUT2D eigenvalue weighted by atomic mass is 10.2. The van der Waals surface area contributed by atoms with Crippen molar-refractivity contribution in [3.63, 3.8) is 0 Å². The average molecular weight is 355 g/mol. The van der Waals surface area contributed by atoms with E-state index in [2.05, 4.69) is 4.74 Å². The summed E-state index contributed by atoms with van der Waals surface area (Å²) in [5.74, 6) is -0.471. The van der Waals surface area contributed by atoms with Gasteiger partial charge in [0.15, 0.2) is 0 Å². The maximum absolute atomic E-state index is 12.7. The van der Waals surface area contributed by atoms with Crippen LogP contribution in [0.1, 0.15) is 26.2 Å². The van der Waals surface area contributed by atoms with E-state index in [1.54, 1.807) is 12.1 Å². The molecule has 0 amide bonds. The van der Waals surface area contributed by atoms with E-state index >= 15 is 0 Å². The van der Waals surface area contributed by atoms with Crippen molar-refractivity contribution in [1.29, 1.82) is 0 Å². The van der Waals surface area contributed by atoms with E-state index in [1.165, 1.54) is 19.2 Å². The number of hydrogen-bond acceptors (Lipinski definition) is 6. The molecule has 1 heterocycles. The molecule has 1 saturated heterocycles. The van der Waals surface area contributed by atoms with Crippen LogP contribution in [0.25, 0.3) is 0 Å². The minimum Gasteiger partial charge on any atom is -0.494 e. The van der Waals surface area contributed by atoms with Crippen LogP contribution in [0.2, 0.25) is 0 Å². The highest BCUT2D eigenvalue weighted by Crippen LogP contribution is 2.26. The molecular weight excluding hydrogens is 334 g/mol. The molecule has 1 aliphatic heterocycles. The second kappa shape index (κ2) is 7.76. The highest BCUT2D eigenvalue weighted by molar-refractivity contribution is 7.89. The summed E-state index contributed by atoms with van der Waals surface area (Å²) in [6, 6.07) is 4.84. The number of esters is 1. The molecular formula is C16H21NO6S. The van der Waals surface area contributed by atoms with Crippen molar-refractivity contribution < 1.29 is 27.5 Å². The van der Waals surface area contributed by atoms with Crippen LogP contribution in [0.15, 0.2) is 29.2 Å². The van der Waals surface area contributed by atoms with Gasteiger partial charge in [-0.3, -0.25) is 9.59 Å². The van der Waals surface area contributed by atoms with Gasteiger partial charge in [0.1, 0.15) is 17.6 Å². The average Bonchev–Trinajstić information content (AvgIpc) is 2.97. The first-order valence-corrected chi connectivity index (χ1v) is 9.18. The third-order valence-corrected chi connectivity index (χ3v) is 5.64. The summed E-state index contributed by atoms with van der Waals surface area (Å²) in [5.41, 5.74) is 0. The van der Waals surface area contributed by atoms with Crippen molar-refractivity contribution in [3.8, 4) is 5.75 Å². The van der Waals surface area contributed by atoms with Crippen LogP contribution in [-0.2, 0) is 24.3 Å². The van der Waals surface area contributed by atoms with Gasteiger partial charge in [-0.05, 0) is 30.7 Å². The van der Waals surface area contributed by atoms with Crippen molar-refractivity contribution in [3.05, 3.63) is 24.3 Å². The van der Waals surface area contributed by atoms with Gasteiger partial charge in [-0.15, -0.1) is 0 Å². The van der Waals surface area contributed by atoms with E-state index < -0.39 is 22.0 Å². The van der Waals surface area contributed by atoms with Crippen molar-refractivity contribution in [2.75, 3.05) is 20.3 Å². The third-order valence-electron chi connectivity index (χ3n) is 3.77. The molecule has 0 bridgehead atoms. The number of unbranched alkanes of at least 4 members (excludes halogenated alkanes) is 1. The lowest BCUT2D eigenvalue weighted by molar-refractivity contribution is -0.144. The maximum Gasteiger partial charge on any atom is 0.324 e. The standard InChI is InChI=1S/C16H21NO6S/c1-3-4-9-23-13-5-7-14(8-6-13)24(20,21)17-11-12(18)10-15(17)16(19)22-2/h5-8,15H,3-4,9-11H2,1-2H3/t15-/m1/s1. The SMILES string of the molecule is CCCCOc1ccc(S(=O)(=O)N2CC(=O)C[C@@H]2C(=O)OC)cc1. The van der Waals surface area contributed by atoms with E-state index in [0.717, 1.165) is 17.1 Å².